The van der Waals surface area contributed by atoms with Crippen LogP contribution >= 0.6 is 11.3 Å². The summed E-state index contributed by atoms with van der Waals surface area (Å²) in [6.07, 6.45) is 0.735. The summed E-state index contributed by atoms with van der Waals surface area (Å²) in [4.78, 5) is 13.4. The fourth-order valence-electron chi connectivity index (χ4n) is 2.65. The monoisotopic (exact) mass is 329 g/mol. The first-order chi connectivity index (χ1) is 9.80. The largest absolute Gasteiger partial charge is 0.465 e. The molecular weight excluding hydrogens is 306 g/mol. The van der Waals surface area contributed by atoms with Crippen LogP contribution in [0.15, 0.2) is 17.5 Å². The minimum Gasteiger partial charge on any atom is -0.465 e. The van der Waals surface area contributed by atoms with Gasteiger partial charge in [0.15, 0.2) is 0 Å². The average molecular weight is 329 g/mol. The summed E-state index contributed by atoms with van der Waals surface area (Å²) in [5.74, 6) is -0.273. The third-order valence-corrected chi connectivity index (χ3v) is 6.69. The van der Waals surface area contributed by atoms with E-state index in [4.69, 9.17) is 4.74 Å². The van der Waals surface area contributed by atoms with Gasteiger partial charge in [-0.15, -0.1) is 11.3 Å². The number of rotatable bonds is 5. The van der Waals surface area contributed by atoms with Crippen molar-refractivity contribution in [3.63, 3.8) is 0 Å². The van der Waals surface area contributed by atoms with Gasteiger partial charge in [-0.1, -0.05) is 13.0 Å². The van der Waals surface area contributed by atoms with Crippen molar-refractivity contribution in [3.8, 4) is 0 Å². The summed E-state index contributed by atoms with van der Waals surface area (Å²) in [7, 11) is -1.25. The second-order valence-electron chi connectivity index (χ2n) is 6.10. The molecule has 0 aromatic carbocycles. The van der Waals surface area contributed by atoms with E-state index in [9.17, 15) is 9.00 Å². The van der Waals surface area contributed by atoms with E-state index in [1.54, 1.807) is 18.3 Å². The molecule has 1 fully saturated rings. The van der Waals surface area contributed by atoms with Crippen LogP contribution in [-0.4, -0.2) is 31.9 Å². The predicted molar refractivity (Wildman–Crippen MR) is 86.4 cm³/mol. The van der Waals surface area contributed by atoms with Crippen LogP contribution in [0.2, 0.25) is 0 Å². The number of carbonyl (C=O) groups excluding carboxylic acids is 1. The maximum absolute atomic E-state index is 12.8. The highest BCUT2D eigenvalue weighted by Crippen LogP contribution is 2.56. The zero-order valence-corrected chi connectivity index (χ0v) is 14.8. The second kappa shape index (κ2) is 5.82. The van der Waals surface area contributed by atoms with Crippen LogP contribution in [0.5, 0.6) is 0 Å². The molecule has 0 saturated carbocycles. The van der Waals surface area contributed by atoms with Crippen molar-refractivity contribution in [1.82, 2.24) is 4.31 Å². The lowest BCUT2D eigenvalue weighted by molar-refractivity contribution is -0.143. The Morgan fingerprint density at radius 3 is 2.57 bits per heavy atom. The number of thiophene rings is 1. The molecule has 1 aromatic rings. The van der Waals surface area contributed by atoms with E-state index in [1.165, 1.54) is 0 Å². The van der Waals surface area contributed by atoms with Crippen molar-refractivity contribution in [3.05, 3.63) is 22.4 Å². The van der Waals surface area contributed by atoms with Crippen molar-refractivity contribution in [1.29, 1.82) is 0 Å². The topological polar surface area (TPSA) is 46.4 Å². The number of carbonyl (C=O) groups is 1. The van der Waals surface area contributed by atoms with Gasteiger partial charge in [0.1, 0.15) is 17.0 Å². The van der Waals surface area contributed by atoms with Gasteiger partial charge in [0.25, 0.3) is 0 Å². The maximum atomic E-state index is 12.8. The molecule has 0 radical (unpaired) electrons. The molecule has 1 unspecified atom stereocenters. The van der Waals surface area contributed by atoms with Gasteiger partial charge in [-0.3, -0.25) is 4.79 Å². The standard InChI is InChI=1S/C15H23NO3S2/c1-6-15(11-9-8-10-20-11)12(13(17)19-7-2)16(15)21(18)14(3,4)5/h8-10,12H,6-7H2,1-5H3/t12-,15+,16?,21+/m1/s1. The summed E-state index contributed by atoms with van der Waals surface area (Å²) >= 11 is 1.60. The quantitative estimate of drug-likeness (QED) is 0.616. The predicted octanol–water partition coefficient (Wildman–Crippen LogP) is 3.06. The van der Waals surface area contributed by atoms with Crippen LogP contribution in [0.3, 0.4) is 0 Å². The van der Waals surface area contributed by atoms with Gasteiger partial charge < -0.3 is 4.74 Å². The van der Waals surface area contributed by atoms with Crippen LogP contribution in [0, 0.1) is 0 Å². The summed E-state index contributed by atoms with van der Waals surface area (Å²) < 4.78 is 19.5. The van der Waals surface area contributed by atoms with Crippen LogP contribution in [0.25, 0.3) is 0 Å². The molecule has 1 aromatic heterocycles. The lowest BCUT2D eigenvalue weighted by Gasteiger charge is -2.21. The fraction of sp³-hybridized carbons (Fsp3) is 0.667. The summed E-state index contributed by atoms with van der Waals surface area (Å²) in [5.41, 5.74) is -0.474. The van der Waals surface area contributed by atoms with Gasteiger partial charge in [0.05, 0.1) is 16.9 Å². The van der Waals surface area contributed by atoms with E-state index in [0.29, 0.717) is 6.61 Å². The zero-order chi connectivity index (χ0) is 15.8. The molecule has 1 saturated heterocycles. The molecule has 21 heavy (non-hydrogen) atoms. The molecule has 0 bridgehead atoms. The first-order valence-electron chi connectivity index (χ1n) is 7.22. The molecule has 0 spiro atoms. The molecule has 0 aliphatic carbocycles. The van der Waals surface area contributed by atoms with Gasteiger partial charge in [0.2, 0.25) is 0 Å². The number of nitrogens with zero attached hydrogens (tertiary/aromatic N) is 1. The van der Waals surface area contributed by atoms with Gasteiger partial charge in [-0.05, 0) is 45.6 Å². The first kappa shape index (κ1) is 16.6. The third kappa shape index (κ3) is 2.69. The molecule has 1 aliphatic rings. The molecule has 4 nitrogen and oxygen atoms in total. The van der Waals surface area contributed by atoms with E-state index < -0.39 is 27.3 Å². The zero-order valence-electron chi connectivity index (χ0n) is 13.2. The van der Waals surface area contributed by atoms with Gasteiger partial charge in [0, 0.05) is 4.88 Å². The Morgan fingerprint density at radius 1 is 1.48 bits per heavy atom. The van der Waals surface area contributed by atoms with E-state index in [0.717, 1.165) is 11.3 Å². The smallest absolute Gasteiger partial charge is 0.326 e. The normalized spacial score (nSPS) is 30.0. The summed E-state index contributed by atoms with van der Waals surface area (Å²) in [5, 5.41) is 1.99. The number of ether oxygens (including phenoxy) is 1. The Balaban J connectivity index is 2.41. The molecule has 0 N–H and O–H groups in total. The minimum atomic E-state index is -1.25. The van der Waals surface area contributed by atoms with Gasteiger partial charge >= 0.3 is 5.97 Å². The van der Waals surface area contributed by atoms with E-state index in [-0.39, 0.29) is 5.97 Å². The summed E-state index contributed by atoms with van der Waals surface area (Å²) in [6, 6.07) is 3.54. The SMILES string of the molecule is CCOC(=O)[C@H]1N([S@@](=O)C(C)(C)C)[C@@]1(CC)c1cccs1. The molecule has 2 heterocycles. The van der Waals surface area contributed by atoms with Gasteiger partial charge in [-0.25, -0.2) is 4.21 Å². The molecule has 118 valence electrons. The van der Waals surface area contributed by atoms with Crippen molar-refractivity contribution < 1.29 is 13.7 Å². The minimum absolute atomic E-state index is 0.273. The third-order valence-electron chi connectivity index (χ3n) is 3.71. The molecule has 1 aliphatic heterocycles. The lowest BCUT2D eigenvalue weighted by atomic mass is 10.00. The number of esters is 1. The Hall–Kier alpha value is -0.720. The second-order valence-corrected chi connectivity index (χ2v) is 9.16. The summed E-state index contributed by atoms with van der Waals surface area (Å²) in [6.45, 7) is 9.96. The molecule has 0 amide bonds. The average Bonchev–Trinajstić information content (AvgIpc) is 2.78. The molecule has 2 rings (SSSR count). The number of hydrogen-bond acceptors (Lipinski definition) is 4. The fourth-order valence-corrected chi connectivity index (χ4v) is 5.34. The van der Waals surface area contributed by atoms with E-state index in [1.807, 2.05) is 49.5 Å². The van der Waals surface area contributed by atoms with Crippen LogP contribution < -0.4 is 0 Å². The van der Waals surface area contributed by atoms with Crippen molar-refractivity contribution in [2.45, 2.75) is 57.4 Å². The Morgan fingerprint density at radius 2 is 2.14 bits per heavy atom. The Kier molecular flexibility index (Phi) is 4.61. The number of hydrogen-bond donors (Lipinski definition) is 0. The van der Waals surface area contributed by atoms with Gasteiger partial charge in [-0.2, -0.15) is 4.31 Å². The molecule has 6 heteroatoms. The Labute approximate surface area is 133 Å². The lowest BCUT2D eigenvalue weighted by Crippen LogP contribution is -2.31. The maximum Gasteiger partial charge on any atom is 0.326 e. The van der Waals surface area contributed by atoms with Crippen LogP contribution in [0.4, 0.5) is 0 Å². The van der Waals surface area contributed by atoms with Crippen LogP contribution in [-0.2, 0) is 26.1 Å². The highest BCUT2D eigenvalue weighted by Gasteiger charge is 2.71. The van der Waals surface area contributed by atoms with Crippen molar-refractivity contribution in [2.24, 2.45) is 0 Å². The highest BCUT2D eigenvalue weighted by molar-refractivity contribution is 7.84. The van der Waals surface area contributed by atoms with Crippen molar-refractivity contribution in [2.75, 3.05) is 6.61 Å². The Bertz CT molecular complexity index is 536. The van der Waals surface area contributed by atoms with E-state index in [2.05, 4.69) is 0 Å². The van der Waals surface area contributed by atoms with Crippen LogP contribution in [0.1, 0.15) is 45.9 Å². The molecular formula is C15H23NO3S2. The first-order valence-corrected chi connectivity index (χ1v) is 9.21. The van der Waals surface area contributed by atoms with Crippen molar-refractivity contribution >= 4 is 28.3 Å². The molecule has 4 atom stereocenters. The van der Waals surface area contributed by atoms with E-state index >= 15 is 0 Å². The highest BCUT2D eigenvalue weighted by atomic mass is 32.2.